The summed E-state index contributed by atoms with van der Waals surface area (Å²) in [4.78, 5) is 0. The van der Waals surface area contributed by atoms with Crippen LogP contribution in [0.4, 0.5) is 0 Å². The molecule has 126 valence electrons. The summed E-state index contributed by atoms with van der Waals surface area (Å²) in [5, 5.41) is 3.61. The third-order valence-corrected chi connectivity index (χ3v) is 4.68. The van der Waals surface area contributed by atoms with Crippen LogP contribution in [0.1, 0.15) is 22.7 Å². The van der Waals surface area contributed by atoms with Crippen LogP contribution in [-0.4, -0.2) is 27.6 Å². The lowest BCUT2D eigenvalue weighted by Crippen LogP contribution is -2.31. The molecule has 0 saturated heterocycles. The van der Waals surface area contributed by atoms with Crippen molar-refractivity contribution >= 4 is 0 Å². The first kappa shape index (κ1) is 15.1. The highest BCUT2D eigenvalue weighted by molar-refractivity contribution is 5.50. The Balaban J connectivity index is 1.64. The molecule has 24 heavy (non-hydrogen) atoms. The number of ether oxygens (including phenoxy) is 4. The molecule has 0 aromatic heterocycles. The van der Waals surface area contributed by atoms with Crippen molar-refractivity contribution in [1.82, 2.24) is 5.32 Å². The number of rotatable bonds is 4. The summed E-state index contributed by atoms with van der Waals surface area (Å²) < 4.78 is 21.8. The summed E-state index contributed by atoms with van der Waals surface area (Å²) in [7, 11) is 3.35. The van der Waals surface area contributed by atoms with Crippen LogP contribution in [0.25, 0.3) is 0 Å². The number of fused-ring (bicyclic) bond motifs is 2. The Hall–Kier alpha value is -2.40. The van der Waals surface area contributed by atoms with Crippen molar-refractivity contribution in [1.29, 1.82) is 0 Å². The Bertz CT molecular complexity index is 759. The van der Waals surface area contributed by atoms with Crippen molar-refractivity contribution < 1.29 is 18.9 Å². The molecule has 0 bridgehead atoms. The molecule has 5 heteroatoms. The van der Waals surface area contributed by atoms with E-state index in [1.165, 1.54) is 16.7 Å². The molecule has 0 unspecified atom stereocenters. The molecule has 0 fully saturated rings. The Kier molecular flexibility index (Phi) is 3.94. The van der Waals surface area contributed by atoms with Crippen LogP contribution in [0.3, 0.4) is 0 Å². The first-order valence-corrected chi connectivity index (χ1v) is 8.15. The molecule has 1 atom stereocenters. The van der Waals surface area contributed by atoms with E-state index in [2.05, 4.69) is 29.6 Å². The predicted molar refractivity (Wildman–Crippen MR) is 90.3 cm³/mol. The zero-order valence-corrected chi connectivity index (χ0v) is 13.9. The molecule has 4 rings (SSSR count). The van der Waals surface area contributed by atoms with Crippen LogP contribution in [0.15, 0.2) is 30.3 Å². The lowest BCUT2D eigenvalue weighted by atomic mass is 9.89. The molecule has 0 radical (unpaired) electrons. The second-order valence-corrected chi connectivity index (χ2v) is 6.05. The van der Waals surface area contributed by atoms with E-state index in [9.17, 15) is 0 Å². The fourth-order valence-corrected chi connectivity index (χ4v) is 3.45. The van der Waals surface area contributed by atoms with Crippen LogP contribution >= 0.6 is 0 Å². The van der Waals surface area contributed by atoms with Crippen molar-refractivity contribution in [3.8, 4) is 23.0 Å². The monoisotopic (exact) mass is 327 g/mol. The van der Waals surface area contributed by atoms with Crippen molar-refractivity contribution in [2.75, 3.05) is 27.6 Å². The van der Waals surface area contributed by atoms with Gasteiger partial charge in [-0.05, 0) is 60.3 Å². The van der Waals surface area contributed by atoms with Crippen molar-refractivity contribution in [3.63, 3.8) is 0 Å². The van der Waals surface area contributed by atoms with Gasteiger partial charge in [0.1, 0.15) is 0 Å². The van der Waals surface area contributed by atoms with Gasteiger partial charge in [-0.3, -0.25) is 0 Å². The van der Waals surface area contributed by atoms with E-state index in [1.54, 1.807) is 14.2 Å². The number of hydrogen-bond acceptors (Lipinski definition) is 5. The fraction of sp³-hybridized carbons (Fsp3) is 0.368. The van der Waals surface area contributed by atoms with Gasteiger partial charge in [-0.25, -0.2) is 0 Å². The maximum absolute atomic E-state index is 5.49. The normalized spacial score (nSPS) is 18.2. The van der Waals surface area contributed by atoms with Gasteiger partial charge in [0.2, 0.25) is 6.79 Å². The smallest absolute Gasteiger partial charge is 0.231 e. The minimum Gasteiger partial charge on any atom is -0.493 e. The van der Waals surface area contributed by atoms with Gasteiger partial charge in [-0.1, -0.05) is 6.07 Å². The molecule has 2 aromatic rings. The molecule has 2 aliphatic rings. The van der Waals surface area contributed by atoms with Gasteiger partial charge < -0.3 is 24.3 Å². The summed E-state index contributed by atoms with van der Waals surface area (Å²) >= 11 is 0. The lowest BCUT2D eigenvalue weighted by Gasteiger charge is -2.28. The second kappa shape index (κ2) is 6.24. The molecule has 2 heterocycles. The Morgan fingerprint density at radius 2 is 1.83 bits per heavy atom. The van der Waals surface area contributed by atoms with E-state index < -0.39 is 0 Å². The first-order valence-electron chi connectivity index (χ1n) is 8.15. The molecule has 0 amide bonds. The quantitative estimate of drug-likeness (QED) is 0.936. The highest BCUT2D eigenvalue weighted by Gasteiger charge is 2.23. The topological polar surface area (TPSA) is 49.0 Å². The zero-order chi connectivity index (χ0) is 16.5. The first-order chi connectivity index (χ1) is 11.8. The van der Waals surface area contributed by atoms with Crippen molar-refractivity contribution in [2.24, 2.45) is 0 Å². The SMILES string of the molecule is COc1cc2c(cc1OC)[C@H](Cc1ccc3c(c1)OCO3)NCC2. The minimum atomic E-state index is 0.244. The van der Waals surface area contributed by atoms with Crippen LogP contribution in [0.5, 0.6) is 23.0 Å². The number of methoxy groups -OCH3 is 2. The Labute approximate surface area is 141 Å². The molecule has 2 aromatic carbocycles. The van der Waals surface area contributed by atoms with E-state index in [0.29, 0.717) is 6.79 Å². The van der Waals surface area contributed by atoms with Crippen LogP contribution < -0.4 is 24.3 Å². The molecule has 5 nitrogen and oxygen atoms in total. The average Bonchev–Trinajstić information content (AvgIpc) is 3.08. The zero-order valence-electron chi connectivity index (χ0n) is 13.9. The summed E-state index contributed by atoms with van der Waals surface area (Å²) in [6, 6.07) is 10.6. The molecule has 1 N–H and O–H groups in total. The minimum absolute atomic E-state index is 0.244. The van der Waals surface area contributed by atoms with E-state index >= 15 is 0 Å². The maximum atomic E-state index is 5.49. The number of hydrogen-bond donors (Lipinski definition) is 1. The standard InChI is InChI=1S/C19H21NO4/c1-21-17-9-13-5-6-20-15(14(13)10-18(17)22-2)7-12-3-4-16-19(8-12)24-11-23-16/h3-4,8-10,15,20H,5-7,11H2,1-2H3/t15-/m0/s1. The van der Waals surface area contributed by atoms with Gasteiger partial charge in [0.05, 0.1) is 14.2 Å². The van der Waals surface area contributed by atoms with Crippen molar-refractivity contribution in [2.45, 2.75) is 18.9 Å². The van der Waals surface area contributed by atoms with Gasteiger partial charge in [0, 0.05) is 6.04 Å². The van der Waals surface area contributed by atoms with Gasteiger partial charge in [-0.2, -0.15) is 0 Å². The molecule has 0 saturated carbocycles. The van der Waals surface area contributed by atoms with Crippen LogP contribution in [0, 0.1) is 0 Å². The van der Waals surface area contributed by atoms with Gasteiger partial charge in [-0.15, -0.1) is 0 Å². The maximum Gasteiger partial charge on any atom is 0.231 e. The highest BCUT2D eigenvalue weighted by atomic mass is 16.7. The Morgan fingerprint density at radius 3 is 2.67 bits per heavy atom. The number of nitrogens with one attached hydrogen (secondary N) is 1. The third kappa shape index (κ3) is 2.65. The highest BCUT2D eigenvalue weighted by Crippen LogP contribution is 2.38. The molecule has 0 aliphatic carbocycles. The van der Waals surface area contributed by atoms with E-state index in [1.807, 2.05) is 6.07 Å². The summed E-state index contributed by atoms with van der Waals surface area (Å²) in [6.45, 7) is 1.26. The lowest BCUT2D eigenvalue weighted by molar-refractivity contribution is 0.174. The number of benzene rings is 2. The molecular weight excluding hydrogens is 306 g/mol. The van der Waals surface area contributed by atoms with E-state index in [-0.39, 0.29) is 6.04 Å². The van der Waals surface area contributed by atoms with Crippen LogP contribution in [-0.2, 0) is 12.8 Å². The summed E-state index contributed by atoms with van der Waals surface area (Å²) in [5.74, 6) is 3.22. The predicted octanol–water partition coefficient (Wildman–Crippen LogP) is 2.86. The largest absolute Gasteiger partial charge is 0.493 e. The summed E-state index contributed by atoms with van der Waals surface area (Å²) in [6.07, 6.45) is 1.88. The van der Waals surface area contributed by atoms with E-state index in [0.717, 1.165) is 42.4 Å². The molecular formula is C19H21NO4. The van der Waals surface area contributed by atoms with Gasteiger partial charge in [0.15, 0.2) is 23.0 Å². The fourth-order valence-electron chi connectivity index (χ4n) is 3.45. The Morgan fingerprint density at radius 1 is 1.04 bits per heavy atom. The average molecular weight is 327 g/mol. The molecule has 2 aliphatic heterocycles. The van der Waals surface area contributed by atoms with Gasteiger partial charge >= 0.3 is 0 Å². The van der Waals surface area contributed by atoms with Gasteiger partial charge in [0.25, 0.3) is 0 Å². The molecule has 0 spiro atoms. The summed E-state index contributed by atoms with van der Waals surface area (Å²) in [5.41, 5.74) is 3.81. The van der Waals surface area contributed by atoms with E-state index in [4.69, 9.17) is 18.9 Å². The third-order valence-electron chi connectivity index (χ3n) is 4.68. The van der Waals surface area contributed by atoms with Crippen molar-refractivity contribution in [3.05, 3.63) is 47.0 Å². The van der Waals surface area contributed by atoms with Crippen LogP contribution in [0.2, 0.25) is 0 Å². The second-order valence-electron chi connectivity index (χ2n) is 6.05.